The molecule has 114 valence electrons. The van der Waals surface area contributed by atoms with E-state index < -0.39 is 0 Å². The van der Waals surface area contributed by atoms with Crippen LogP contribution < -0.4 is 5.73 Å². The monoisotopic (exact) mass is 288 g/mol. The van der Waals surface area contributed by atoms with E-state index in [9.17, 15) is 4.79 Å². The van der Waals surface area contributed by atoms with E-state index in [1.54, 1.807) is 0 Å². The molecular formula is C17H24N2O2. The van der Waals surface area contributed by atoms with Crippen LogP contribution in [0.4, 0.5) is 0 Å². The molecule has 2 N–H and O–H groups in total. The van der Waals surface area contributed by atoms with Crippen molar-refractivity contribution in [2.45, 2.75) is 38.3 Å². The first kappa shape index (κ1) is 14.5. The van der Waals surface area contributed by atoms with Gasteiger partial charge in [-0.3, -0.25) is 4.79 Å². The summed E-state index contributed by atoms with van der Waals surface area (Å²) in [5, 5.41) is 0. The van der Waals surface area contributed by atoms with E-state index in [4.69, 9.17) is 10.5 Å². The quantitative estimate of drug-likeness (QED) is 0.906. The van der Waals surface area contributed by atoms with Crippen molar-refractivity contribution < 1.29 is 9.53 Å². The topological polar surface area (TPSA) is 55.6 Å². The smallest absolute Gasteiger partial charge is 0.228 e. The zero-order valence-corrected chi connectivity index (χ0v) is 12.6. The Hall–Kier alpha value is -1.39. The second-order valence-electron chi connectivity index (χ2n) is 6.28. The highest BCUT2D eigenvalue weighted by Crippen LogP contribution is 2.35. The van der Waals surface area contributed by atoms with Gasteiger partial charge in [0.1, 0.15) is 0 Å². The Morgan fingerprint density at radius 3 is 2.71 bits per heavy atom. The van der Waals surface area contributed by atoms with Gasteiger partial charge in [-0.15, -0.1) is 0 Å². The standard InChI is InChI=1S/C17H24N2O2/c1-12-4-6-13(7-5-12)16-15(3-2-10-21-16)17(20)19-9-8-14(18)11-19/h4-7,14-16H,2-3,8-11,18H2,1H3. The summed E-state index contributed by atoms with van der Waals surface area (Å²) in [6.07, 6.45) is 2.67. The predicted octanol–water partition coefficient (Wildman–Crippen LogP) is 2.02. The molecule has 0 spiro atoms. The highest BCUT2D eigenvalue weighted by Gasteiger charge is 2.37. The highest BCUT2D eigenvalue weighted by molar-refractivity contribution is 5.80. The van der Waals surface area contributed by atoms with Crippen LogP contribution in [0.2, 0.25) is 0 Å². The maximum absolute atomic E-state index is 12.8. The molecule has 2 fully saturated rings. The molecule has 0 aliphatic carbocycles. The first-order chi connectivity index (χ1) is 10.1. The number of likely N-dealkylation sites (tertiary alicyclic amines) is 1. The second kappa shape index (κ2) is 6.16. The average molecular weight is 288 g/mol. The Morgan fingerprint density at radius 2 is 2.05 bits per heavy atom. The van der Waals surface area contributed by atoms with E-state index in [2.05, 4.69) is 31.2 Å². The molecular weight excluding hydrogens is 264 g/mol. The maximum Gasteiger partial charge on any atom is 0.228 e. The number of carbonyl (C=O) groups excluding carboxylic acids is 1. The van der Waals surface area contributed by atoms with Gasteiger partial charge in [-0.1, -0.05) is 29.8 Å². The molecule has 0 saturated carbocycles. The fourth-order valence-electron chi connectivity index (χ4n) is 3.34. The highest BCUT2D eigenvalue weighted by atomic mass is 16.5. The summed E-state index contributed by atoms with van der Waals surface area (Å²) in [5.74, 6) is 0.153. The van der Waals surface area contributed by atoms with Crippen molar-refractivity contribution in [3.63, 3.8) is 0 Å². The van der Waals surface area contributed by atoms with Gasteiger partial charge in [-0.25, -0.2) is 0 Å². The molecule has 2 heterocycles. The minimum Gasteiger partial charge on any atom is -0.373 e. The Balaban J connectivity index is 1.78. The molecule has 3 rings (SSSR count). The SMILES string of the molecule is Cc1ccc(C2OCCCC2C(=O)N2CCC(N)C2)cc1. The third-order valence-corrected chi connectivity index (χ3v) is 4.58. The van der Waals surface area contributed by atoms with E-state index in [0.29, 0.717) is 6.54 Å². The van der Waals surface area contributed by atoms with Gasteiger partial charge in [0.2, 0.25) is 5.91 Å². The summed E-state index contributed by atoms with van der Waals surface area (Å²) in [6.45, 7) is 4.29. The summed E-state index contributed by atoms with van der Waals surface area (Å²) < 4.78 is 5.95. The Morgan fingerprint density at radius 1 is 1.29 bits per heavy atom. The Labute approximate surface area is 126 Å². The maximum atomic E-state index is 12.8. The molecule has 1 amide bonds. The zero-order valence-electron chi connectivity index (χ0n) is 12.6. The van der Waals surface area contributed by atoms with Crippen molar-refractivity contribution in [3.8, 4) is 0 Å². The molecule has 4 nitrogen and oxygen atoms in total. The minimum atomic E-state index is -0.108. The van der Waals surface area contributed by atoms with Crippen LogP contribution in [0.15, 0.2) is 24.3 Å². The van der Waals surface area contributed by atoms with Crippen LogP contribution >= 0.6 is 0 Å². The van der Waals surface area contributed by atoms with Crippen molar-refractivity contribution in [2.24, 2.45) is 11.7 Å². The van der Waals surface area contributed by atoms with Gasteiger partial charge in [0.25, 0.3) is 0 Å². The summed E-state index contributed by atoms with van der Waals surface area (Å²) in [7, 11) is 0. The lowest BCUT2D eigenvalue weighted by atomic mass is 9.88. The van der Waals surface area contributed by atoms with Crippen molar-refractivity contribution in [1.82, 2.24) is 4.90 Å². The number of hydrogen-bond acceptors (Lipinski definition) is 3. The largest absolute Gasteiger partial charge is 0.373 e. The first-order valence-corrected chi connectivity index (χ1v) is 7.87. The number of carbonyl (C=O) groups is 1. The number of rotatable bonds is 2. The molecule has 0 radical (unpaired) electrons. The Bertz CT molecular complexity index is 500. The van der Waals surface area contributed by atoms with Gasteiger partial charge in [0.05, 0.1) is 12.0 Å². The normalized spacial score (nSPS) is 29.6. The third kappa shape index (κ3) is 3.11. The van der Waals surface area contributed by atoms with Gasteiger partial charge < -0.3 is 15.4 Å². The number of hydrogen-bond donors (Lipinski definition) is 1. The third-order valence-electron chi connectivity index (χ3n) is 4.58. The number of nitrogens with two attached hydrogens (primary N) is 1. The van der Waals surface area contributed by atoms with Gasteiger partial charge in [0, 0.05) is 25.7 Å². The molecule has 2 aliphatic heterocycles. The first-order valence-electron chi connectivity index (χ1n) is 7.87. The van der Waals surface area contributed by atoms with E-state index in [1.165, 1.54) is 5.56 Å². The summed E-state index contributed by atoms with van der Waals surface area (Å²) in [4.78, 5) is 14.7. The Kier molecular flexibility index (Phi) is 4.27. The van der Waals surface area contributed by atoms with E-state index in [0.717, 1.165) is 38.0 Å². The molecule has 3 atom stereocenters. The average Bonchev–Trinajstić information content (AvgIpc) is 2.94. The number of benzene rings is 1. The number of amides is 1. The summed E-state index contributed by atoms with van der Waals surface area (Å²) >= 11 is 0. The molecule has 1 aromatic rings. The van der Waals surface area contributed by atoms with E-state index in [1.807, 2.05) is 4.90 Å². The fourth-order valence-corrected chi connectivity index (χ4v) is 3.34. The van der Waals surface area contributed by atoms with Crippen molar-refractivity contribution in [1.29, 1.82) is 0 Å². The molecule has 21 heavy (non-hydrogen) atoms. The van der Waals surface area contributed by atoms with E-state index in [-0.39, 0.29) is 24.0 Å². The number of nitrogens with zero attached hydrogens (tertiary/aromatic N) is 1. The van der Waals surface area contributed by atoms with E-state index >= 15 is 0 Å². The summed E-state index contributed by atoms with van der Waals surface area (Å²) in [6, 6.07) is 8.47. The second-order valence-corrected chi connectivity index (χ2v) is 6.28. The fraction of sp³-hybridized carbons (Fsp3) is 0.588. The molecule has 2 aliphatic rings. The molecule has 0 bridgehead atoms. The predicted molar refractivity (Wildman–Crippen MR) is 81.8 cm³/mol. The molecule has 4 heteroatoms. The molecule has 2 saturated heterocycles. The van der Waals surface area contributed by atoms with Crippen molar-refractivity contribution >= 4 is 5.91 Å². The van der Waals surface area contributed by atoms with Gasteiger partial charge in [-0.05, 0) is 31.7 Å². The van der Waals surface area contributed by atoms with Crippen LogP contribution in [-0.2, 0) is 9.53 Å². The lowest BCUT2D eigenvalue weighted by Crippen LogP contribution is -2.40. The number of ether oxygens (including phenoxy) is 1. The lowest BCUT2D eigenvalue weighted by molar-refractivity contribution is -0.144. The van der Waals surface area contributed by atoms with Crippen LogP contribution in [0.3, 0.4) is 0 Å². The van der Waals surface area contributed by atoms with Crippen molar-refractivity contribution in [2.75, 3.05) is 19.7 Å². The molecule has 3 unspecified atom stereocenters. The van der Waals surface area contributed by atoms with Crippen LogP contribution in [0.25, 0.3) is 0 Å². The number of aryl methyl sites for hydroxylation is 1. The lowest BCUT2D eigenvalue weighted by Gasteiger charge is -2.33. The van der Waals surface area contributed by atoms with Gasteiger partial charge in [-0.2, -0.15) is 0 Å². The van der Waals surface area contributed by atoms with Gasteiger partial charge >= 0.3 is 0 Å². The van der Waals surface area contributed by atoms with Crippen molar-refractivity contribution in [3.05, 3.63) is 35.4 Å². The van der Waals surface area contributed by atoms with Gasteiger partial charge in [0.15, 0.2) is 0 Å². The van der Waals surface area contributed by atoms with Crippen LogP contribution in [-0.4, -0.2) is 36.5 Å². The molecule has 0 aromatic heterocycles. The minimum absolute atomic E-state index is 0.0632. The molecule has 1 aromatic carbocycles. The van der Waals surface area contributed by atoms with Crippen LogP contribution in [0.1, 0.15) is 36.5 Å². The van der Waals surface area contributed by atoms with Crippen LogP contribution in [0.5, 0.6) is 0 Å². The summed E-state index contributed by atoms with van der Waals surface area (Å²) in [5.41, 5.74) is 8.27. The zero-order chi connectivity index (χ0) is 14.8. The van der Waals surface area contributed by atoms with Crippen LogP contribution in [0, 0.1) is 12.8 Å².